The Morgan fingerprint density at radius 3 is 1.41 bits per heavy atom. The van der Waals surface area contributed by atoms with Gasteiger partial charge in [0.05, 0.1) is 0 Å². The average Bonchev–Trinajstić information content (AvgIpc) is 2.73. The fraction of sp³-hybridized carbons (Fsp3) is 0.885. The van der Waals surface area contributed by atoms with E-state index in [1.807, 2.05) is 0 Å². The van der Waals surface area contributed by atoms with Gasteiger partial charge in [-0.2, -0.15) is 12.6 Å². The molecule has 0 saturated carbocycles. The summed E-state index contributed by atoms with van der Waals surface area (Å²) < 4.78 is 5.02. The van der Waals surface area contributed by atoms with Gasteiger partial charge in [-0.3, -0.25) is 4.79 Å². The van der Waals surface area contributed by atoms with Crippen LogP contribution in [0.25, 0.3) is 0 Å². The topological polar surface area (TPSA) is 26.3 Å². The number of unbranched alkanes of at least 4 members (excludes halogenated alkanes) is 18. The molecular formula is C26H50O2S. The maximum absolute atomic E-state index is 11.3. The molecule has 2 nitrogen and oxygen atoms in total. The minimum atomic E-state index is -0.0604. The average molecular weight is 427 g/mol. The summed E-state index contributed by atoms with van der Waals surface area (Å²) in [5.41, 5.74) is 0. The molecule has 0 rings (SSSR count). The van der Waals surface area contributed by atoms with Crippen molar-refractivity contribution in [3.63, 3.8) is 0 Å². The number of allylic oxidation sites excluding steroid dienone is 2. The first-order valence-electron chi connectivity index (χ1n) is 12.7. The number of rotatable bonds is 23. The number of carbonyl (C=O) groups excluding carboxylic acids is 1. The normalized spacial score (nSPS) is 11.4. The summed E-state index contributed by atoms with van der Waals surface area (Å²) in [5, 5.41) is 0. The molecule has 0 aromatic heterocycles. The molecule has 0 aliphatic heterocycles. The second-order valence-electron chi connectivity index (χ2n) is 8.42. The fourth-order valence-electron chi connectivity index (χ4n) is 3.76. The molecule has 0 aliphatic rings. The Bertz CT molecular complexity index is 355. The fourth-order valence-corrected chi connectivity index (χ4v) is 3.85. The van der Waals surface area contributed by atoms with E-state index in [0.717, 1.165) is 12.8 Å². The number of hydrogen-bond acceptors (Lipinski definition) is 3. The Kier molecular flexibility index (Phi) is 25.2. The predicted octanol–water partition coefficient (Wildman–Crippen LogP) is 8.84. The Hall–Kier alpha value is -0.440. The van der Waals surface area contributed by atoms with Crippen LogP contribution in [-0.2, 0) is 9.53 Å². The van der Waals surface area contributed by atoms with Crippen LogP contribution < -0.4 is 0 Å². The molecule has 29 heavy (non-hydrogen) atoms. The van der Waals surface area contributed by atoms with Gasteiger partial charge in [0.1, 0.15) is 6.61 Å². The first-order chi connectivity index (χ1) is 14.3. The van der Waals surface area contributed by atoms with E-state index in [4.69, 9.17) is 4.74 Å². The lowest BCUT2D eigenvalue weighted by molar-refractivity contribution is -0.143. The SMILES string of the molecule is C/C=C/CCCCCCCCCCCCCCCCCCCCC(=O)OCCS. The summed E-state index contributed by atoms with van der Waals surface area (Å²) in [7, 11) is 0. The molecular weight excluding hydrogens is 376 g/mol. The lowest BCUT2D eigenvalue weighted by atomic mass is 10.0. The molecule has 172 valence electrons. The largest absolute Gasteiger partial charge is 0.465 e. The molecule has 0 spiro atoms. The summed E-state index contributed by atoms with van der Waals surface area (Å²) in [6.07, 6.45) is 30.9. The molecule has 0 aliphatic carbocycles. The van der Waals surface area contributed by atoms with Gasteiger partial charge in [-0.1, -0.05) is 115 Å². The molecule has 0 atom stereocenters. The first kappa shape index (κ1) is 28.6. The van der Waals surface area contributed by atoms with E-state index in [1.54, 1.807) is 0 Å². The quantitative estimate of drug-likeness (QED) is 0.0764. The zero-order valence-corrected chi connectivity index (χ0v) is 20.4. The molecule has 0 aromatic rings. The van der Waals surface area contributed by atoms with Crippen LogP contribution in [0.2, 0.25) is 0 Å². The predicted molar refractivity (Wildman–Crippen MR) is 132 cm³/mol. The summed E-state index contributed by atoms with van der Waals surface area (Å²) in [6.45, 7) is 2.55. The van der Waals surface area contributed by atoms with Crippen molar-refractivity contribution in [3.05, 3.63) is 12.2 Å². The van der Waals surface area contributed by atoms with E-state index in [1.165, 1.54) is 109 Å². The van der Waals surface area contributed by atoms with Gasteiger partial charge >= 0.3 is 5.97 Å². The lowest BCUT2D eigenvalue weighted by Crippen LogP contribution is -2.06. The van der Waals surface area contributed by atoms with Crippen molar-refractivity contribution in [1.29, 1.82) is 0 Å². The lowest BCUT2D eigenvalue weighted by Gasteiger charge is -2.04. The summed E-state index contributed by atoms with van der Waals surface area (Å²) in [5.74, 6) is 0.554. The van der Waals surface area contributed by atoms with E-state index < -0.39 is 0 Å². The van der Waals surface area contributed by atoms with Crippen LogP contribution >= 0.6 is 12.6 Å². The van der Waals surface area contributed by atoms with Gasteiger partial charge in [0.2, 0.25) is 0 Å². The van der Waals surface area contributed by atoms with Crippen LogP contribution in [0.3, 0.4) is 0 Å². The minimum Gasteiger partial charge on any atom is -0.465 e. The van der Waals surface area contributed by atoms with Crippen molar-refractivity contribution in [3.8, 4) is 0 Å². The third kappa shape index (κ3) is 25.5. The summed E-state index contributed by atoms with van der Waals surface area (Å²) in [4.78, 5) is 11.3. The Labute approximate surface area is 188 Å². The van der Waals surface area contributed by atoms with Gasteiger partial charge in [-0.05, 0) is 26.2 Å². The second-order valence-corrected chi connectivity index (χ2v) is 8.86. The van der Waals surface area contributed by atoms with Crippen LogP contribution in [0.1, 0.15) is 135 Å². The van der Waals surface area contributed by atoms with Crippen LogP contribution in [0.5, 0.6) is 0 Å². The number of thiol groups is 1. The monoisotopic (exact) mass is 426 g/mol. The van der Waals surface area contributed by atoms with Crippen LogP contribution in [0.4, 0.5) is 0 Å². The molecule has 0 heterocycles. The molecule has 0 saturated heterocycles. The maximum Gasteiger partial charge on any atom is 0.305 e. The third-order valence-electron chi connectivity index (χ3n) is 5.59. The smallest absolute Gasteiger partial charge is 0.305 e. The standard InChI is InChI=1S/C26H50O2S/c1-2-3-4-5-6-7-8-9-10-11-12-13-14-15-16-17-18-19-20-21-22-23-26(27)28-24-25-29/h2-3,29H,4-25H2,1H3/b3-2+. The van der Waals surface area contributed by atoms with Gasteiger partial charge in [-0.15, -0.1) is 0 Å². The summed E-state index contributed by atoms with van der Waals surface area (Å²) >= 11 is 4.03. The molecule has 0 fully saturated rings. The Morgan fingerprint density at radius 2 is 1.03 bits per heavy atom. The molecule has 0 amide bonds. The van der Waals surface area contributed by atoms with E-state index >= 15 is 0 Å². The highest BCUT2D eigenvalue weighted by Crippen LogP contribution is 2.15. The highest BCUT2D eigenvalue weighted by molar-refractivity contribution is 7.80. The highest BCUT2D eigenvalue weighted by Gasteiger charge is 2.01. The van der Waals surface area contributed by atoms with E-state index in [0.29, 0.717) is 18.8 Å². The van der Waals surface area contributed by atoms with Crippen LogP contribution in [0, 0.1) is 0 Å². The van der Waals surface area contributed by atoms with E-state index in [-0.39, 0.29) is 5.97 Å². The van der Waals surface area contributed by atoms with Crippen molar-refractivity contribution < 1.29 is 9.53 Å². The van der Waals surface area contributed by atoms with Gasteiger partial charge in [0, 0.05) is 12.2 Å². The Balaban J connectivity index is 3.06. The molecule has 0 unspecified atom stereocenters. The number of carbonyl (C=O) groups is 1. The molecule has 3 heteroatoms. The molecule has 0 radical (unpaired) electrons. The summed E-state index contributed by atoms with van der Waals surface area (Å²) in [6, 6.07) is 0. The van der Waals surface area contributed by atoms with Gasteiger partial charge < -0.3 is 4.74 Å². The van der Waals surface area contributed by atoms with Crippen LogP contribution in [-0.4, -0.2) is 18.3 Å². The molecule has 0 N–H and O–H groups in total. The zero-order chi connectivity index (χ0) is 21.3. The Morgan fingerprint density at radius 1 is 0.655 bits per heavy atom. The molecule has 0 aromatic carbocycles. The van der Waals surface area contributed by atoms with E-state index in [9.17, 15) is 4.79 Å². The van der Waals surface area contributed by atoms with Gasteiger partial charge in [0.25, 0.3) is 0 Å². The van der Waals surface area contributed by atoms with Crippen molar-refractivity contribution in [1.82, 2.24) is 0 Å². The molecule has 0 bridgehead atoms. The van der Waals surface area contributed by atoms with Crippen molar-refractivity contribution in [2.45, 2.75) is 135 Å². The van der Waals surface area contributed by atoms with Crippen molar-refractivity contribution >= 4 is 18.6 Å². The third-order valence-corrected chi connectivity index (χ3v) is 5.77. The van der Waals surface area contributed by atoms with Gasteiger partial charge in [0.15, 0.2) is 0 Å². The number of hydrogen-bond donors (Lipinski definition) is 1. The van der Waals surface area contributed by atoms with E-state index in [2.05, 4.69) is 31.7 Å². The second kappa shape index (κ2) is 25.6. The van der Waals surface area contributed by atoms with Crippen molar-refractivity contribution in [2.75, 3.05) is 12.4 Å². The van der Waals surface area contributed by atoms with Gasteiger partial charge in [-0.25, -0.2) is 0 Å². The number of esters is 1. The van der Waals surface area contributed by atoms with Crippen LogP contribution in [0.15, 0.2) is 12.2 Å². The number of ether oxygens (including phenoxy) is 1. The maximum atomic E-state index is 11.3. The minimum absolute atomic E-state index is 0.0604. The highest BCUT2D eigenvalue weighted by atomic mass is 32.1. The first-order valence-corrected chi connectivity index (χ1v) is 13.3. The zero-order valence-electron chi connectivity index (χ0n) is 19.5. The van der Waals surface area contributed by atoms with Crippen molar-refractivity contribution in [2.24, 2.45) is 0 Å².